The molecule has 2 aromatic carbocycles. The molecule has 2 heterocycles. The molecular weight excluding hydrogens is 370 g/mol. The molecule has 29 heavy (non-hydrogen) atoms. The van der Waals surface area contributed by atoms with Crippen molar-refractivity contribution < 1.29 is 19.1 Å². The molecular formula is C22H23N3O4. The van der Waals surface area contributed by atoms with Gasteiger partial charge in [0, 0.05) is 12.2 Å². The number of hydrogen-bond acceptors (Lipinski definition) is 5. The van der Waals surface area contributed by atoms with Gasteiger partial charge in [0.15, 0.2) is 6.61 Å². The zero-order chi connectivity index (χ0) is 20.4. The highest BCUT2D eigenvalue weighted by Gasteiger charge is 2.36. The number of benzene rings is 2. The average Bonchev–Trinajstić information content (AvgIpc) is 3.22. The molecule has 0 saturated carbocycles. The molecule has 0 unspecified atom stereocenters. The molecule has 0 spiro atoms. The Labute approximate surface area is 169 Å². The minimum atomic E-state index is -0.608. The Morgan fingerprint density at radius 2 is 2.10 bits per heavy atom. The number of nitrogens with zero attached hydrogens (tertiary/aromatic N) is 1. The van der Waals surface area contributed by atoms with Crippen LogP contribution < -0.4 is 15.5 Å². The number of nitrogens with one attached hydrogen (secondary N) is 2. The van der Waals surface area contributed by atoms with Gasteiger partial charge < -0.3 is 20.3 Å². The van der Waals surface area contributed by atoms with Crippen LogP contribution in [0.1, 0.15) is 35.7 Å². The fraction of sp³-hybridized carbons (Fsp3) is 0.318. The number of hydrogen-bond donors (Lipinski definition) is 2. The number of amides is 2. The number of carbonyl (C=O) groups is 3. The van der Waals surface area contributed by atoms with Gasteiger partial charge in [-0.15, -0.1) is 0 Å². The van der Waals surface area contributed by atoms with E-state index in [0.717, 1.165) is 37.1 Å². The highest BCUT2D eigenvalue weighted by Crippen LogP contribution is 2.37. The first-order valence-corrected chi connectivity index (χ1v) is 9.82. The van der Waals surface area contributed by atoms with Gasteiger partial charge in [0.05, 0.1) is 16.9 Å². The summed E-state index contributed by atoms with van der Waals surface area (Å²) in [5, 5.41) is 5.59. The summed E-state index contributed by atoms with van der Waals surface area (Å²) in [6.07, 6.45) is 2.68. The maximum atomic E-state index is 12.4. The van der Waals surface area contributed by atoms with Gasteiger partial charge in [0.2, 0.25) is 5.91 Å². The van der Waals surface area contributed by atoms with Crippen LogP contribution >= 0.6 is 0 Å². The predicted octanol–water partition coefficient (Wildman–Crippen LogP) is 2.97. The molecule has 0 bridgehead atoms. The lowest BCUT2D eigenvalue weighted by Gasteiger charge is -2.33. The van der Waals surface area contributed by atoms with Crippen molar-refractivity contribution in [2.45, 2.75) is 32.2 Å². The molecule has 2 aliphatic heterocycles. The first-order valence-electron chi connectivity index (χ1n) is 9.82. The fourth-order valence-corrected chi connectivity index (χ4v) is 3.84. The molecule has 1 atom stereocenters. The van der Waals surface area contributed by atoms with Crippen LogP contribution in [0, 0.1) is 0 Å². The van der Waals surface area contributed by atoms with Gasteiger partial charge in [-0.05, 0) is 55.2 Å². The highest BCUT2D eigenvalue weighted by molar-refractivity contribution is 6.05. The number of fused-ring (bicyclic) bond motifs is 3. The maximum Gasteiger partial charge on any atom is 0.338 e. The second-order valence-corrected chi connectivity index (χ2v) is 7.25. The Hall–Kier alpha value is -3.35. The zero-order valence-corrected chi connectivity index (χ0v) is 16.2. The predicted molar refractivity (Wildman–Crippen MR) is 110 cm³/mol. The zero-order valence-electron chi connectivity index (χ0n) is 16.2. The molecule has 2 aliphatic rings. The highest BCUT2D eigenvalue weighted by atomic mass is 16.5. The van der Waals surface area contributed by atoms with Crippen LogP contribution in [0.2, 0.25) is 0 Å². The summed E-state index contributed by atoms with van der Waals surface area (Å²) in [7, 11) is 0. The molecule has 1 saturated heterocycles. The van der Waals surface area contributed by atoms with Crippen LogP contribution in [-0.2, 0) is 20.7 Å². The van der Waals surface area contributed by atoms with Gasteiger partial charge in [0.25, 0.3) is 5.91 Å². The van der Waals surface area contributed by atoms with Crippen molar-refractivity contribution in [1.29, 1.82) is 0 Å². The van der Waals surface area contributed by atoms with Gasteiger partial charge in [-0.3, -0.25) is 9.59 Å². The van der Waals surface area contributed by atoms with Gasteiger partial charge in [0.1, 0.15) is 6.04 Å². The molecule has 7 nitrogen and oxygen atoms in total. The second-order valence-electron chi connectivity index (χ2n) is 7.25. The maximum absolute atomic E-state index is 12.4. The van der Waals surface area contributed by atoms with Crippen LogP contribution in [0.5, 0.6) is 0 Å². The summed E-state index contributed by atoms with van der Waals surface area (Å²) >= 11 is 0. The number of ether oxygens (including phenoxy) is 1. The third kappa shape index (κ3) is 3.94. The fourth-order valence-electron chi connectivity index (χ4n) is 3.84. The van der Waals surface area contributed by atoms with Crippen molar-refractivity contribution in [3.63, 3.8) is 0 Å². The lowest BCUT2D eigenvalue weighted by molar-refractivity contribution is -0.119. The normalized spacial score (nSPS) is 17.2. The van der Waals surface area contributed by atoms with Crippen molar-refractivity contribution in [3.8, 4) is 0 Å². The van der Waals surface area contributed by atoms with Gasteiger partial charge in [-0.2, -0.15) is 0 Å². The monoisotopic (exact) mass is 393 g/mol. The van der Waals surface area contributed by atoms with E-state index in [1.54, 1.807) is 18.2 Å². The second kappa shape index (κ2) is 7.95. The molecule has 7 heteroatoms. The van der Waals surface area contributed by atoms with Gasteiger partial charge in [-0.1, -0.05) is 19.1 Å². The Kier molecular flexibility index (Phi) is 5.20. The number of aryl methyl sites for hydroxylation is 1. The SMILES string of the molecule is CCc1cccc(NC(=O)COC(=O)c2ccc3c(c2)NC(=O)[C@@H]2CCCN32)c1. The van der Waals surface area contributed by atoms with Gasteiger partial charge in [-0.25, -0.2) is 4.79 Å². The van der Waals surface area contributed by atoms with E-state index in [2.05, 4.69) is 15.5 Å². The Balaban J connectivity index is 1.38. The molecule has 1 fully saturated rings. The lowest BCUT2D eigenvalue weighted by Crippen LogP contribution is -2.43. The van der Waals surface area contributed by atoms with Crippen LogP contribution in [0.4, 0.5) is 17.1 Å². The van der Waals surface area contributed by atoms with Crippen LogP contribution in [-0.4, -0.2) is 37.0 Å². The molecule has 2 N–H and O–H groups in total. The Bertz CT molecular complexity index is 972. The van der Waals surface area contributed by atoms with Crippen molar-refractivity contribution >= 4 is 34.8 Å². The van der Waals surface area contributed by atoms with Gasteiger partial charge >= 0.3 is 5.97 Å². The molecule has 4 rings (SSSR count). The number of carbonyl (C=O) groups excluding carboxylic acids is 3. The molecule has 2 amide bonds. The van der Waals surface area contributed by atoms with Crippen molar-refractivity contribution in [2.24, 2.45) is 0 Å². The minimum Gasteiger partial charge on any atom is -0.452 e. The van der Waals surface area contributed by atoms with E-state index >= 15 is 0 Å². The van der Waals surface area contributed by atoms with E-state index < -0.39 is 11.9 Å². The number of anilines is 3. The van der Waals surface area contributed by atoms with E-state index in [0.29, 0.717) is 16.9 Å². The number of rotatable bonds is 5. The third-order valence-corrected chi connectivity index (χ3v) is 5.31. The minimum absolute atomic E-state index is 0.0470. The lowest BCUT2D eigenvalue weighted by atomic mass is 10.1. The largest absolute Gasteiger partial charge is 0.452 e. The summed E-state index contributed by atoms with van der Waals surface area (Å²) in [6, 6.07) is 12.5. The Morgan fingerprint density at radius 3 is 2.93 bits per heavy atom. The smallest absolute Gasteiger partial charge is 0.338 e. The third-order valence-electron chi connectivity index (χ3n) is 5.31. The van der Waals surface area contributed by atoms with Crippen molar-refractivity contribution in [2.75, 3.05) is 28.7 Å². The standard InChI is InChI=1S/C22H23N3O4/c1-2-14-5-3-6-16(11-14)23-20(26)13-29-22(28)15-8-9-18-17(12-15)24-21(27)19-7-4-10-25(18)19/h3,5-6,8-9,11-12,19H,2,4,7,10,13H2,1H3,(H,23,26)(H,24,27)/t19-/m0/s1. The van der Waals surface area contributed by atoms with Crippen LogP contribution in [0.25, 0.3) is 0 Å². The molecule has 2 aromatic rings. The first kappa shape index (κ1) is 19.0. The first-order chi connectivity index (χ1) is 14.0. The summed E-state index contributed by atoms with van der Waals surface area (Å²) in [5.74, 6) is -1.06. The average molecular weight is 393 g/mol. The molecule has 0 aliphatic carbocycles. The molecule has 150 valence electrons. The summed E-state index contributed by atoms with van der Waals surface area (Å²) in [4.78, 5) is 38.8. The van der Waals surface area contributed by atoms with Crippen molar-refractivity contribution in [1.82, 2.24) is 0 Å². The molecule has 0 radical (unpaired) electrons. The summed E-state index contributed by atoms with van der Waals surface area (Å²) < 4.78 is 5.15. The van der Waals surface area contributed by atoms with E-state index in [9.17, 15) is 14.4 Å². The van der Waals surface area contributed by atoms with E-state index in [-0.39, 0.29) is 18.6 Å². The van der Waals surface area contributed by atoms with Crippen LogP contribution in [0.3, 0.4) is 0 Å². The number of esters is 1. The van der Waals surface area contributed by atoms with E-state index in [1.807, 2.05) is 31.2 Å². The summed E-state index contributed by atoms with van der Waals surface area (Å²) in [6.45, 7) is 2.48. The Morgan fingerprint density at radius 1 is 1.24 bits per heavy atom. The molecule has 0 aromatic heterocycles. The summed E-state index contributed by atoms with van der Waals surface area (Å²) in [5.41, 5.74) is 3.58. The quantitative estimate of drug-likeness (QED) is 0.763. The van der Waals surface area contributed by atoms with E-state index in [1.165, 1.54) is 0 Å². The van der Waals surface area contributed by atoms with Crippen LogP contribution in [0.15, 0.2) is 42.5 Å². The topological polar surface area (TPSA) is 87.7 Å². The van der Waals surface area contributed by atoms with E-state index in [4.69, 9.17) is 4.74 Å². The van der Waals surface area contributed by atoms with Crippen molar-refractivity contribution in [3.05, 3.63) is 53.6 Å².